The van der Waals surface area contributed by atoms with Gasteiger partial charge in [0.25, 0.3) is 0 Å². The summed E-state index contributed by atoms with van der Waals surface area (Å²) in [4.78, 5) is 23.3. The Balaban J connectivity index is 1.73. The monoisotopic (exact) mass is 401 g/mol. The van der Waals surface area contributed by atoms with Gasteiger partial charge in [-0.15, -0.1) is 11.6 Å². The molecule has 1 spiro atoms. The molecule has 0 bridgehead atoms. The molecule has 27 heavy (non-hydrogen) atoms. The van der Waals surface area contributed by atoms with Gasteiger partial charge in [0.2, 0.25) is 5.91 Å². The number of nitrogens with one attached hydrogen (secondary N) is 1. The number of methoxy groups -OCH3 is 1. The maximum absolute atomic E-state index is 12.0. The minimum atomic E-state index is -0.804. The molecule has 152 valence electrons. The van der Waals surface area contributed by atoms with Crippen LogP contribution in [0.25, 0.3) is 0 Å². The molecule has 2 heterocycles. The topological polar surface area (TPSA) is 89.7 Å². The molecule has 0 aromatic rings. The lowest BCUT2D eigenvalue weighted by Crippen LogP contribution is -2.56. The highest BCUT2D eigenvalue weighted by molar-refractivity contribution is 6.28. The van der Waals surface area contributed by atoms with Crippen LogP contribution < -0.4 is 5.32 Å². The molecular formula is C19H28ClNO6. The van der Waals surface area contributed by atoms with Gasteiger partial charge in [0.1, 0.15) is 29.3 Å². The zero-order valence-electron chi connectivity index (χ0n) is 16.2. The number of alkyl halides is 1. The molecule has 3 rings (SSSR count). The Kier molecular flexibility index (Phi) is 5.87. The van der Waals surface area contributed by atoms with E-state index in [1.807, 2.05) is 0 Å². The van der Waals surface area contributed by atoms with Gasteiger partial charge in [-0.25, -0.2) is 4.79 Å². The molecule has 6 atom stereocenters. The SMILES string of the molecule is CO[C@@H]1[C@H](OC(=O)NC(=O)CCl)CC[C@]2(CO2)[C@H]1[C@]1(C)O[C@H]1CC=C(C)C. The second-order valence-electron chi connectivity index (χ2n) is 8.00. The number of halogens is 1. The fourth-order valence-electron chi connectivity index (χ4n) is 4.38. The predicted octanol–water partition coefficient (Wildman–Crippen LogP) is 2.55. The molecule has 3 aliphatic rings. The van der Waals surface area contributed by atoms with Gasteiger partial charge in [0, 0.05) is 7.11 Å². The van der Waals surface area contributed by atoms with Crippen LogP contribution in [0.1, 0.15) is 40.0 Å². The second kappa shape index (κ2) is 7.70. The number of hydrogen-bond acceptors (Lipinski definition) is 6. The summed E-state index contributed by atoms with van der Waals surface area (Å²) < 4.78 is 23.2. The molecule has 2 saturated heterocycles. The Labute approximate surface area is 164 Å². The van der Waals surface area contributed by atoms with Crippen LogP contribution >= 0.6 is 11.6 Å². The van der Waals surface area contributed by atoms with Crippen molar-refractivity contribution in [3.05, 3.63) is 11.6 Å². The average Bonchev–Trinajstić information content (AvgIpc) is 3.52. The number of ether oxygens (including phenoxy) is 4. The van der Waals surface area contributed by atoms with E-state index in [1.54, 1.807) is 7.11 Å². The summed E-state index contributed by atoms with van der Waals surface area (Å²) in [5, 5.41) is 2.11. The van der Waals surface area contributed by atoms with Crippen molar-refractivity contribution in [1.82, 2.24) is 5.32 Å². The summed E-state index contributed by atoms with van der Waals surface area (Å²) in [5.74, 6) is -0.949. The van der Waals surface area contributed by atoms with Gasteiger partial charge in [0.15, 0.2) is 0 Å². The summed E-state index contributed by atoms with van der Waals surface area (Å²) >= 11 is 5.42. The largest absolute Gasteiger partial charge is 0.443 e. The van der Waals surface area contributed by atoms with Gasteiger partial charge in [-0.1, -0.05) is 11.6 Å². The molecule has 1 aliphatic carbocycles. The van der Waals surface area contributed by atoms with Gasteiger partial charge in [-0.05, 0) is 40.0 Å². The van der Waals surface area contributed by atoms with Crippen LogP contribution in [0, 0.1) is 5.92 Å². The maximum atomic E-state index is 12.0. The van der Waals surface area contributed by atoms with Gasteiger partial charge in [0.05, 0.1) is 18.6 Å². The van der Waals surface area contributed by atoms with Gasteiger partial charge >= 0.3 is 6.09 Å². The first-order valence-electron chi connectivity index (χ1n) is 9.30. The summed E-state index contributed by atoms with van der Waals surface area (Å²) in [7, 11) is 1.61. The molecule has 1 N–H and O–H groups in total. The standard InChI is InChI=1S/C19H28ClNO6/c1-11(2)5-6-13-18(3,27-13)16-15(24-4)12(7-8-19(16)10-25-19)26-17(23)21-14(22)9-20/h5,12-13,15-16H,6-10H2,1-4H3,(H,21,22,23)/t12-,13+,15-,16-,18-,19+/m1/s1. The van der Waals surface area contributed by atoms with E-state index in [1.165, 1.54) is 5.57 Å². The molecule has 1 saturated carbocycles. The number of epoxide rings is 2. The quantitative estimate of drug-likeness (QED) is 0.418. The molecule has 0 radical (unpaired) electrons. The molecule has 2 amide bonds. The van der Waals surface area contributed by atoms with Crippen molar-refractivity contribution in [2.75, 3.05) is 19.6 Å². The van der Waals surface area contributed by atoms with E-state index in [9.17, 15) is 9.59 Å². The Hall–Kier alpha value is -1.15. The van der Waals surface area contributed by atoms with Crippen LogP contribution in [0.5, 0.6) is 0 Å². The first-order chi connectivity index (χ1) is 12.8. The number of rotatable bonds is 6. The second-order valence-corrected chi connectivity index (χ2v) is 8.27. The number of imide groups is 1. The summed E-state index contributed by atoms with van der Waals surface area (Å²) in [6.45, 7) is 6.87. The Morgan fingerprint density at radius 3 is 2.63 bits per heavy atom. The molecule has 8 heteroatoms. The van der Waals surface area contributed by atoms with Crippen LogP contribution in [0.3, 0.4) is 0 Å². The highest BCUT2D eigenvalue weighted by Crippen LogP contribution is 2.59. The zero-order valence-corrected chi connectivity index (χ0v) is 17.0. The Morgan fingerprint density at radius 2 is 2.07 bits per heavy atom. The van der Waals surface area contributed by atoms with E-state index in [4.69, 9.17) is 30.5 Å². The molecular weight excluding hydrogens is 374 g/mol. The lowest BCUT2D eigenvalue weighted by atomic mass is 9.68. The van der Waals surface area contributed by atoms with Gasteiger partial charge in [-0.3, -0.25) is 10.1 Å². The fraction of sp³-hybridized carbons (Fsp3) is 0.789. The van der Waals surface area contributed by atoms with E-state index in [0.29, 0.717) is 13.0 Å². The number of carbonyl (C=O) groups is 2. The van der Waals surface area contributed by atoms with Gasteiger partial charge in [-0.2, -0.15) is 0 Å². The van der Waals surface area contributed by atoms with E-state index < -0.39 is 23.7 Å². The lowest BCUT2D eigenvalue weighted by Gasteiger charge is -2.42. The van der Waals surface area contributed by atoms with Crippen molar-refractivity contribution >= 4 is 23.6 Å². The van der Waals surface area contributed by atoms with Crippen molar-refractivity contribution in [2.45, 2.75) is 69.5 Å². The number of carbonyl (C=O) groups excluding carboxylic acids is 2. The highest BCUT2D eigenvalue weighted by atomic mass is 35.5. The van der Waals surface area contributed by atoms with Crippen LogP contribution in [-0.4, -0.2) is 61.1 Å². The fourth-order valence-corrected chi connectivity index (χ4v) is 4.45. The number of allylic oxidation sites excluding steroid dienone is 1. The number of amides is 2. The number of hydrogen-bond donors (Lipinski definition) is 1. The predicted molar refractivity (Wildman–Crippen MR) is 98.7 cm³/mol. The Morgan fingerprint density at radius 1 is 1.37 bits per heavy atom. The zero-order chi connectivity index (χ0) is 19.8. The lowest BCUT2D eigenvalue weighted by molar-refractivity contribution is -0.124. The molecule has 2 aliphatic heterocycles. The Bertz CT molecular complexity index is 630. The van der Waals surface area contributed by atoms with Crippen molar-refractivity contribution in [2.24, 2.45) is 5.92 Å². The first kappa shape index (κ1) is 20.6. The van der Waals surface area contributed by atoms with E-state index in [-0.39, 0.29) is 29.6 Å². The van der Waals surface area contributed by atoms with Crippen molar-refractivity contribution < 1.29 is 28.5 Å². The van der Waals surface area contributed by atoms with Crippen molar-refractivity contribution in [3.8, 4) is 0 Å². The molecule has 3 fully saturated rings. The molecule has 7 nitrogen and oxygen atoms in total. The van der Waals surface area contributed by atoms with Gasteiger partial charge < -0.3 is 18.9 Å². The van der Waals surface area contributed by atoms with E-state index >= 15 is 0 Å². The third kappa shape index (κ3) is 4.16. The summed E-state index contributed by atoms with van der Waals surface area (Å²) in [6.07, 6.45) is 2.78. The van der Waals surface area contributed by atoms with Crippen molar-refractivity contribution in [3.63, 3.8) is 0 Å². The third-order valence-electron chi connectivity index (χ3n) is 5.86. The average molecular weight is 402 g/mol. The van der Waals surface area contributed by atoms with Crippen LogP contribution in [-0.2, 0) is 23.7 Å². The van der Waals surface area contributed by atoms with Crippen LogP contribution in [0.2, 0.25) is 0 Å². The van der Waals surface area contributed by atoms with Crippen LogP contribution in [0.15, 0.2) is 11.6 Å². The smallest absolute Gasteiger partial charge is 0.414 e. The maximum Gasteiger partial charge on any atom is 0.414 e. The first-order valence-corrected chi connectivity index (χ1v) is 9.83. The summed E-state index contributed by atoms with van der Waals surface area (Å²) in [6, 6.07) is 0. The number of alkyl carbamates (subject to hydrolysis) is 1. The van der Waals surface area contributed by atoms with Crippen LogP contribution in [0.4, 0.5) is 4.79 Å². The molecule has 0 aromatic carbocycles. The molecule has 0 aromatic heterocycles. The summed E-state index contributed by atoms with van der Waals surface area (Å²) in [5.41, 5.74) is 0.574. The third-order valence-corrected chi connectivity index (χ3v) is 6.10. The minimum absolute atomic E-state index is 0.0548. The normalized spacial score (nSPS) is 39.6. The van der Waals surface area contributed by atoms with E-state index in [0.717, 1.165) is 12.8 Å². The molecule has 0 unspecified atom stereocenters. The van der Waals surface area contributed by atoms with E-state index in [2.05, 4.69) is 32.2 Å². The minimum Gasteiger partial charge on any atom is -0.443 e. The van der Waals surface area contributed by atoms with Crippen molar-refractivity contribution in [1.29, 1.82) is 0 Å². The highest BCUT2D eigenvalue weighted by Gasteiger charge is 2.72.